The lowest BCUT2D eigenvalue weighted by Gasteiger charge is -2.29. The highest BCUT2D eigenvalue weighted by atomic mass is 16.1. The Morgan fingerprint density at radius 3 is 2.86 bits per heavy atom. The third-order valence-corrected chi connectivity index (χ3v) is 3.93. The zero-order chi connectivity index (χ0) is 15.2. The van der Waals surface area contributed by atoms with Crippen LogP contribution in [0.4, 0.5) is 0 Å². The van der Waals surface area contributed by atoms with Crippen molar-refractivity contribution < 1.29 is 0 Å². The predicted molar refractivity (Wildman–Crippen MR) is 82.4 cm³/mol. The maximum Gasteiger partial charge on any atom is 0.262 e. The van der Waals surface area contributed by atoms with E-state index >= 15 is 0 Å². The van der Waals surface area contributed by atoms with Crippen molar-refractivity contribution in [2.45, 2.75) is 45.1 Å². The molecule has 1 unspecified atom stereocenters. The van der Waals surface area contributed by atoms with Gasteiger partial charge in [-0.2, -0.15) is 5.10 Å². The van der Waals surface area contributed by atoms with Gasteiger partial charge >= 0.3 is 0 Å². The third-order valence-electron chi connectivity index (χ3n) is 3.93. The summed E-state index contributed by atoms with van der Waals surface area (Å²) in [6.07, 6.45) is 3.60. The molecule has 0 aromatic carbocycles. The molecule has 3 rings (SSSR count). The standard InChI is InChI=1S/C14H20BN5O/c1-14(2,3)20-12-10(7-16-20)13(21)18-11(17-12)9-5-4-6-19(15)8-9/h7,9H,4-6,8H2,1-3H3,(H,17,18,21). The lowest BCUT2D eigenvalue weighted by Crippen LogP contribution is -2.33. The molecule has 1 fully saturated rings. The van der Waals surface area contributed by atoms with Gasteiger partial charge in [0.25, 0.3) is 5.56 Å². The van der Waals surface area contributed by atoms with Crippen molar-refractivity contribution in [3.63, 3.8) is 0 Å². The largest absolute Gasteiger partial charge is 0.353 e. The van der Waals surface area contributed by atoms with E-state index in [9.17, 15) is 4.79 Å². The number of H-pyrrole nitrogens is 1. The first kappa shape index (κ1) is 14.3. The van der Waals surface area contributed by atoms with E-state index in [0.717, 1.165) is 25.9 Å². The first-order valence-electron chi connectivity index (χ1n) is 7.34. The number of nitrogens with zero attached hydrogens (tertiary/aromatic N) is 4. The van der Waals surface area contributed by atoms with Crippen molar-refractivity contribution in [3.05, 3.63) is 22.4 Å². The Labute approximate surface area is 125 Å². The average Bonchev–Trinajstić information content (AvgIpc) is 2.83. The number of fused-ring (bicyclic) bond motifs is 1. The summed E-state index contributed by atoms with van der Waals surface area (Å²) in [5.41, 5.74) is 0.307. The molecule has 3 heterocycles. The molecule has 2 radical (unpaired) electrons. The Balaban J connectivity index is 2.11. The molecule has 2 aromatic rings. The molecule has 7 heteroatoms. The number of hydrogen-bond donors (Lipinski definition) is 1. The fraction of sp³-hybridized carbons (Fsp3) is 0.643. The van der Waals surface area contributed by atoms with Gasteiger partial charge in [-0.3, -0.25) is 4.79 Å². The molecule has 110 valence electrons. The highest BCUT2D eigenvalue weighted by molar-refractivity contribution is 6.04. The van der Waals surface area contributed by atoms with Gasteiger partial charge in [-0.1, -0.05) is 0 Å². The maximum atomic E-state index is 12.3. The van der Waals surface area contributed by atoms with E-state index in [0.29, 0.717) is 16.9 Å². The zero-order valence-corrected chi connectivity index (χ0v) is 12.8. The first-order chi connectivity index (χ1) is 9.86. The molecule has 21 heavy (non-hydrogen) atoms. The molecular weight excluding hydrogens is 265 g/mol. The summed E-state index contributed by atoms with van der Waals surface area (Å²) < 4.78 is 1.81. The minimum atomic E-state index is -0.216. The van der Waals surface area contributed by atoms with Gasteiger partial charge < -0.3 is 9.79 Å². The number of aromatic nitrogens is 4. The van der Waals surface area contributed by atoms with E-state index in [1.165, 1.54) is 0 Å². The number of aromatic amines is 1. The highest BCUT2D eigenvalue weighted by Gasteiger charge is 2.24. The normalized spacial score (nSPS) is 21.0. The molecule has 0 saturated carbocycles. The van der Waals surface area contributed by atoms with Crippen LogP contribution in [0.5, 0.6) is 0 Å². The van der Waals surface area contributed by atoms with E-state index in [2.05, 4.69) is 15.1 Å². The van der Waals surface area contributed by atoms with E-state index < -0.39 is 0 Å². The van der Waals surface area contributed by atoms with Gasteiger partial charge in [0, 0.05) is 5.92 Å². The maximum absolute atomic E-state index is 12.3. The lowest BCUT2D eigenvalue weighted by molar-refractivity contribution is 0.322. The van der Waals surface area contributed by atoms with Crippen molar-refractivity contribution in [2.24, 2.45) is 0 Å². The number of rotatable bonds is 1. The van der Waals surface area contributed by atoms with Crippen LogP contribution in [0, 0.1) is 0 Å². The Kier molecular flexibility index (Phi) is 3.40. The molecule has 0 aliphatic carbocycles. The minimum Gasteiger partial charge on any atom is -0.353 e. The fourth-order valence-corrected chi connectivity index (χ4v) is 2.85. The molecule has 1 atom stereocenters. The Morgan fingerprint density at radius 1 is 1.43 bits per heavy atom. The van der Waals surface area contributed by atoms with Crippen LogP contribution >= 0.6 is 0 Å². The quantitative estimate of drug-likeness (QED) is 0.798. The second kappa shape index (κ2) is 4.98. The molecule has 2 aromatic heterocycles. The second-order valence-electron chi connectivity index (χ2n) is 6.75. The van der Waals surface area contributed by atoms with Gasteiger partial charge in [-0.05, 0) is 46.7 Å². The van der Waals surface area contributed by atoms with Crippen LogP contribution in [0.25, 0.3) is 11.0 Å². The van der Waals surface area contributed by atoms with Crippen molar-refractivity contribution >= 4 is 19.0 Å². The van der Waals surface area contributed by atoms with E-state index in [1.54, 1.807) is 11.0 Å². The van der Waals surface area contributed by atoms with Gasteiger partial charge in [0.05, 0.1) is 11.7 Å². The van der Waals surface area contributed by atoms with Gasteiger partial charge in [0.1, 0.15) is 11.2 Å². The molecule has 1 aliphatic heterocycles. The van der Waals surface area contributed by atoms with E-state index in [-0.39, 0.29) is 17.0 Å². The smallest absolute Gasteiger partial charge is 0.262 e. The van der Waals surface area contributed by atoms with Crippen LogP contribution < -0.4 is 5.56 Å². The first-order valence-corrected chi connectivity index (χ1v) is 7.34. The number of nitrogens with one attached hydrogen (secondary N) is 1. The average molecular weight is 285 g/mol. The summed E-state index contributed by atoms with van der Waals surface area (Å²) in [4.78, 5) is 21.6. The lowest BCUT2D eigenvalue weighted by atomic mass is 9.95. The summed E-state index contributed by atoms with van der Waals surface area (Å²) in [5.74, 6) is 0.887. The number of hydrogen-bond acceptors (Lipinski definition) is 4. The summed E-state index contributed by atoms with van der Waals surface area (Å²) in [5, 5.41) is 4.86. The fourth-order valence-electron chi connectivity index (χ4n) is 2.85. The number of piperidine rings is 1. The Hall–Kier alpha value is -1.63. The molecule has 6 nitrogen and oxygen atoms in total. The minimum absolute atomic E-state index is 0.125. The van der Waals surface area contributed by atoms with Gasteiger partial charge in [0.2, 0.25) is 0 Å². The second-order valence-corrected chi connectivity index (χ2v) is 6.75. The molecule has 0 spiro atoms. The van der Waals surface area contributed by atoms with Crippen LogP contribution in [0.2, 0.25) is 0 Å². The van der Waals surface area contributed by atoms with Crippen molar-refractivity contribution in [2.75, 3.05) is 13.1 Å². The van der Waals surface area contributed by atoms with Gasteiger partial charge in [0.15, 0.2) is 13.6 Å². The molecule has 1 saturated heterocycles. The summed E-state index contributed by atoms with van der Waals surface area (Å²) >= 11 is 0. The van der Waals surface area contributed by atoms with Crippen LogP contribution in [0.3, 0.4) is 0 Å². The van der Waals surface area contributed by atoms with Crippen LogP contribution in [-0.2, 0) is 5.54 Å². The summed E-state index contributed by atoms with van der Waals surface area (Å²) in [6, 6.07) is 0. The van der Waals surface area contributed by atoms with Crippen LogP contribution in [0.1, 0.15) is 45.4 Å². The van der Waals surface area contributed by atoms with Gasteiger partial charge in [-0.25, -0.2) is 9.67 Å². The zero-order valence-electron chi connectivity index (χ0n) is 12.8. The molecule has 1 N–H and O–H groups in total. The topological polar surface area (TPSA) is 66.8 Å². The third kappa shape index (κ3) is 2.62. The molecule has 1 aliphatic rings. The predicted octanol–water partition coefficient (Wildman–Crippen LogP) is 1.14. The van der Waals surface area contributed by atoms with E-state index in [1.807, 2.05) is 25.5 Å². The molecule has 0 amide bonds. The summed E-state index contributed by atoms with van der Waals surface area (Å²) in [6.45, 7) is 7.75. The SMILES string of the molecule is [B]N1CCCC(c2nc3c(cnn3C(C)(C)C)c(=O)[nH]2)C1. The van der Waals surface area contributed by atoms with Crippen molar-refractivity contribution in [1.82, 2.24) is 24.6 Å². The van der Waals surface area contributed by atoms with Crippen LogP contribution in [-0.4, -0.2) is 45.6 Å². The van der Waals surface area contributed by atoms with Gasteiger partial charge in [-0.15, -0.1) is 0 Å². The van der Waals surface area contributed by atoms with E-state index in [4.69, 9.17) is 7.98 Å². The monoisotopic (exact) mass is 285 g/mol. The van der Waals surface area contributed by atoms with Crippen molar-refractivity contribution in [3.8, 4) is 0 Å². The Morgan fingerprint density at radius 2 is 2.19 bits per heavy atom. The van der Waals surface area contributed by atoms with Crippen LogP contribution in [0.15, 0.2) is 11.0 Å². The molecule has 0 bridgehead atoms. The highest BCUT2D eigenvalue weighted by Crippen LogP contribution is 2.24. The Bertz CT molecular complexity index is 714. The molecular formula is C14H20BN5O. The van der Waals surface area contributed by atoms with Crippen molar-refractivity contribution in [1.29, 1.82) is 0 Å². The summed E-state index contributed by atoms with van der Waals surface area (Å²) in [7, 11) is 5.89.